The molecule has 2 heterocycles. The molecule has 0 amide bonds. The third-order valence-electron chi connectivity index (χ3n) is 3.19. The number of hydrogen-bond donors (Lipinski definition) is 0. The molecule has 3 rings (SSSR count). The van der Waals surface area contributed by atoms with Crippen LogP contribution in [0.5, 0.6) is 0 Å². The van der Waals surface area contributed by atoms with E-state index in [1.807, 2.05) is 30.5 Å². The Kier molecular flexibility index (Phi) is 3.07. The molecular formula is C14H14ClN3. The molecule has 0 aliphatic carbocycles. The number of pyridine rings is 1. The maximum absolute atomic E-state index is 6.23. The zero-order valence-electron chi connectivity index (χ0n) is 9.96. The molecule has 1 fully saturated rings. The standard InChI is InChI=1S/C14H14ClN3/c15-13-5-1-2-6-14(13)18-9-8-17(11-18)12-4-3-7-16-10-12/h1-7,10H,8-9,11H2. The minimum atomic E-state index is 0.811. The first kappa shape index (κ1) is 11.4. The SMILES string of the molecule is Clc1ccccc1N1CCN(c2cccnc2)C1. The van der Waals surface area contributed by atoms with Crippen LogP contribution in [0.2, 0.25) is 5.02 Å². The second-order valence-electron chi connectivity index (χ2n) is 4.33. The van der Waals surface area contributed by atoms with E-state index in [-0.39, 0.29) is 0 Å². The van der Waals surface area contributed by atoms with Gasteiger partial charge in [0.2, 0.25) is 0 Å². The largest absolute Gasteiger partial charge is 0.351 e. The zero-order chi connectivity index (χ0) is 12.4. The monoisotopic (exact) mass is 259 g/mol. The van der Waals surface area contributed by atoms with Gasteiger partial charge in [0.15, 0.2) is 0 Å². The zero-order valence-corrected chi connectivity index (χ0v) is 10.7. The Bertz CT molecular complexity index is 530. The molecule has 0 atom stereocenters. The van der Waals surface area contributed by atoms with Crippen LogP contribution in [-0.4, -0.2) is 24.7 Å². The van der Waals surface area contributed by atoms with Gasteiger partial charge >= 0.3 is 0 Å². The van der Waals surface area contributed by atoms with Crippen molar-refractivity contribution < 1.29 is 0 Å². The van der Waals surface area contributed by atoms with Crippen LogP contribution in [0.15, 0.2) is 48.8 Å². The van der Waals surface area contributed by atoms with Gasteiger partial charge in [-0.1, -0.05) is 23.7 Å². The number of aromatic nitrogens is 1. The Morgan fingerprint density at radius 3 is 2.61 bits per heavy atom. The van der Waals surface area contributed by atoms with E-state index in [4.69, 9.17) is 11.6 Å². The Morgan fingerprint density at radius 2 is 1.83 bits per heavy atom. The second-order valence-corrected chi connectivity index (χ2v) is 4.74. The molecule has 1 aromatic carbocycles. The van der Waals surface area contributed by atoms with Crippen molar-refractivity contribution in [2.24, 2.45) is 0 Å². The van der Waals surface area contributed by atoms with Crippen molar-refractivity contribution in [1.82, 2.24) is 4.98 Å². The lowest BCUT2D eigenvalue weighted by atomic mass is 10.3. The topological polar surface area (TPSA) is 19.4 Å². The summed E-state index contributed by atoms with van der Waals surface area (Å²) in [5.41, 5.74) is 2.26. The molecule has 0 bridgehead atoms. The predicted molar refractivity (Wildman–Crippen MR) is 75.2 cm³/mol. The van der Waals surface area contributed by atoms with Crippen LogP contribution in [0, 0.1) is 0 Å². The van der Waals surface area contributed by atoms with Gasteiger partial charge in [-0.05, 0) is 24.3 Å². The number of rotatable bonds is 2. The first-order valence-corrected chi connectivity index (χ1v) is 6.37. The number of benzene rings is 1. The Hall–Kier alpha value is -1.74. The molecule has 4 heteroatoms. The number of nitrogens with zero attached hydrogens (tertiary/aromatic N) is 3. The average molecular weight is 260 g/mol. The smallest absolute Gasteiger partial charge is 0.0905 e. The fraction of sp³-hybridized carbons (Fsp3) is 0.214. The molecular weight excluding hydrogens is 246 g/mol. The summed E-state index contributed by atoms with van der Waals surface area (Å²) >= 11 is 6.23. The van der Waals surface area contributed by atoms with Gasteiger partial charge in [0, 0.05) is 19.3 Å². The highest BCUT2D eigenvalue weighted by molar-refractivity contribution is 6.33. The molecule has 0 saturated carbocycles. The van der Waals surface area contributed by atoms with Crippen molar-refractivity contribution in [3.63, 3.8) is 0 Å². The van der Waals surface area contributed by atoms with Crippen LogP contribution >= 0.6 is 11.6 Å². The highest BCUT2D eigenvalue weighted by atomic mass is 35.5. The summed E-state index contributed by atoms with van der Waals surface area (Å²) in [6, 6.07) is 12.0. The highest BCUT2D eigenvalue weighted by Gasteiger charge is 2.21. The molecule has 2 aromatic rings. The Morgan fingerprint density at radius 1 is 1.00 bits per heavy atom. The number of para-hydroxylation sites is 1. The molecule has 1 aromatic heterocycles. The van der Waals surface area contributed by atoms with Crippen molar-refractivity contribution in [1.29, 1.82) is 0 Å². The van der Waals surface area contributed by atoms with E-state index < -0.39 is 0 Å². The third kappa shape index (κ3) is 2.14. The van der Waals surface area contributed by atoms with Gasteiger partial charge in [-0.15, -0.1) is 0 Å². The van der Waals surface area contributed by atoms with Gasteiger partial charge in [-0.25, -0.2) is 0 Å². The molecule has 1 saturated heterocycles. The maximum atomic E-state index is 6.23. The van der Waals surface area contributed by atoms with E-state index in [2.05, 4.69) is 26.9 Å². The summed E-state index contributed by atoms with van der Waals surface area (Å²) in [4.78, 5) is 8.75. The van der Waals surface area contributed by atoms with Gasteiger partial charge in [0.25, 0.3) is 0 Å². The van der Waals surface area contributed by atoms with E-state index in [9.17, 15) is 0 Å². The van der Waals surface area contributed by atoms with Crippen molar-refractivity contribution in [2.75, 3.05) is 29.6 Å². The summed E-state index contributed by atoms with van der Waals surface area (Å²) in [7, 11) is 0. The molecule has 18 heavy (non-hydrogen) atoms. The third-order valence-corrected chi connectivity index (χ3v) is 3.51. The van der Waals surface area contributed by atoms with Crippen LogP contribution in [0.1, 0.15) is 0 Å². The number of anilines is 2. The first-order valence-electron chi connectivity index (χ1n) is 5.99. The fourth-order valence-corrected chi connectivity index (χ4v) is 2.50. The minimum absolute atomic E-state index is 0.811. The maximum Gasteiger partial charge on any atom is 0.0905 e. The Balaban J connectivity index is 1.78. The summed E-state index contributed by atoms with van der Waals surface area (Å²) < 4.78 is 0. The first-order chi connectivity index (χ1) is 8.84. The molecule has 0 unspecified atom stereocenters. The Labute approximate surface area is 112 Å². The highest BCUT2D eigenvalue weighted by Crippen LogP contribution is 2.28. The van der Waals surface area contributed by atoms with Crippen LogP contribution in [-0.2, 0) is 0 Å². The average Bonchev–Trinajstić information content (AvgIpc) is 2.90. The van der Waals surface area contributed by atoms with Gasteiger partial charge in [-0.2, -0.15) is 0 Å². The second kappa shape index (κ2) is 4.86. The van der Waals surface area contributed by atoms with E-state index in [0.29, 0.717) is 0 Å². The summed E-state index contributed by atoms with van der Waals surface area (Å²) in [5, 5.41) is 0.811. The van der Waals surface area contributed by atoms with Crippen molar-refractivity contribution in [3.05, 3.63) is 53.8 Å². The van der Waals surface area contributed by atoms with Gasteiger partial charge < -0.3 is 9.80 Å². The quantitative estimate of drug-likeness (QED) is 0.827. The summed E-state index contributed by atoms with van der Waals surface area (Å²) in [5.74, 6) is 0. The fourth-order valence-electron chi connectivity index (χ4n) is 2.25. The van der Waals surface area contributed by atoms with E-state index in [1.165, 1.54) is 0 Å². The lowest BCUT2D eigenvalue weighted by Gasteiger charge is -2.21. The number of halogens is 1. The molecule has 1 aliphatic heterocycles. The molecule has 0 radical (unpaired) electrons. The predicted octanol–water partition coefficient (Wildman–Crippen LogP) is 3.02. The van der Waals surface area contributed by atoms with Gasteiger partial charge in [0.1, 0.15) is 0 Å². The van der Waals surface area contributed by atoms with Gasteiger partial charge in [0.05, 0.1) is 29.3 Å². The van der Waals surface area contributed by atoms with Crippen LogP contribution in [0.25, 0.3) is 0 Å². The number of hydrogen-bond acceptors (Lipinski definition) is 3. The molecule has 1 aliphatic rings. The van der Waals surface area contributed by atoms with Crippen LogP contribution in [0.4, 0.5) is 11.4 Å². The normalized spacial score (nSPS) is 15.2. The summed E-state index contributed by atoms with van der Waals surface area (Å²) in [6.45, 7) is 2.84. The molecule has 92 valence electrons. The van der Waals surface area contributed by atoms with Crippen LogP contribution < -0.4 is 9.80 Å². The van der Waals surface area contributed by atoms with Crippen LogP contribution in [0.3, 0.4) is 0 Å². The molecule has 3 nitrogen and oxygen atoms in total. The van der Waals surface area contributed by atoms with Crippen molar-refractivity contribution in [2.45, 2.75) is 0 Å². The minimum Gasteiger partial charge on any atom is -0.351 e. The van der Waals surface area contributed by atoms with Crippen molar-refractivity contribution >= 4 is 23.0 Å². The van der Waals surface area contributed by atoms with Crippen molar-refractivity contribution in [3.8, 4) is 0 Å². The molecule has 0 spiro atoms. The van der Waals surface area contributed by atoms with E-state index in [1.54, 1.807) is 6.20 Å². The lowest BCUT2D eigenvalue weighted by molar-refractivity contribution is 0.945. The van der Waals surface area contributed by atoms with Gasteiger partial charge in [-0.3, -0.25) is 4.98 Å². The summed E-state index contributed by atoms with van der Waals surface area (Å²) in [6.07, 6.45) is 3.70. The van der Waals surface area contributed by atoms with E-state index >= 15 is 0 Å². The lowest BCUT2D eigenvalue weighted by Crippen LogP contribution is -2.25. The molecule has 0 N–H and O–H groups in total. The van der Waals surface area contributed by atoms with E-state index in [0.717, 1.165) is 36.2 Å².